The quantitative estimate of drug-likeness (QED) is 0.318. The molecule has 2 aliphatic carbocycles. The molecular formula is C28H21F3N4O4. The Bertz CT molecular complexity index is 1600. The van der Waals surface area contributed by atoms with Crippen molar-refractivity contribution in [3.8, 4) is 40.1 Å². The molecule has 1 unspecified atom stereocenters. The zero-order chi connectivity index (χ0) is 27.3. The van der Waals surface area contributed by atoms with Crippen molar-refractivity contribution in [3.05, 3.63) is 70.8 Å². The summed E-state index contributed by atoms with van der Waals surface area (Å²) in [7, 11) is 0. The van der Waals surface area contributed by atoms with Crippen LogP contribution in [-0.4, -0.2) is 27.4 Å². The second-order valence-corrected chi connectivity index (χ2v) is 9.79. The molecule has 0 amide bonds. The Kier molecular flexibility index (Phi) is 5.99. The highest BCUT2D eigenvalue weighted by Crippen LogP contribution is 2.47. The van der Waals surface area contributed by atoms with Crippen molar-refractivity contribution < 1.29 is 32.1 Å². The first-order valence-electron chi connectivity index (χ1n) is 12.4. The molecule has 0 saturated heterocycles. The summed E-state index contributed by atoms with van der Waals surface area (Å²) in [6, 6.07) is 15.0. The number of nitrogens with one attached hydrogen (secondary N) is 1. The van der Waals surface area contributed by atoms with Gasteiger partial charge in [0, 0.05) is 22.7 Å². The SMILES string of the molecule is N#CC(N[C@H]1C[C@H](C(=O)O)C1)c1ccc2c(c1)CCc1c-2noc1-c1onc(-c2ccccc2)c1C(F)(F)F. The van der Waals surface area contributed by atoms with Gasteiger partial charge in [-0.25, -0.2) is 0 Å². The van der Waals surface area contributed by atoms with E-state index < -0.39 is 35.4 Å². The smallest absolute Gasteiger partial charge is 0.422 e. The Morgan fingerprint density at radius 1 is 1.05 bits per heavy atom. The average Bonchev–Trinajstić information content (AvgIpc) is 3.53. The number of aromatic nitrogens is 2. The predicted octanol–water partition coefficient (Wildman–Crippen LogP) is 5.80. The van der Waals surface area contributed by atoms with E-state index in [1.807, 2.05) is 6.07 Å². The van der Waals surface area contributed by atoms with Gasteiger partial charge in [0.05, 0.1) is 12.0 Å². The molecule has 2 aliphatic rings. The summed E-state index contributed by atoms with van der Waals surface area (Å²) in [6.07, 6.45) is -2.95. The van der Waals surface area contributed by atoms with Crippen molar-refractivity contribution in [1.82, 2.24) is 15.6 Å². The maximum Gasteiger partial charge on any atom is 0.422 e. The molecule has 2 N–H and O–H groups in total. The lowest BCUT2D eigenvalue weighted by Gasteiger charge is -2.34. The van der Waals surface area contributed by atoms with Gasteiger partial charge in [-0.05, 0) is 36.8 Å². The fourth-order valence-corrected chi connectivity index (χ4v) is 5.32. The standard InChI is InChI=1S/C28H21F3N4O4/c29-28(30,31)22-23(14-4-2-1-3-5-14)34-39-26(22)25-20-9-6-15-10-16(7-8-19(15)24(20)35-38-25)21(13-32)33-18-11-17(12-18)27(36)37/h1-5,7-8,10,17-18,21,33H,6,9,11-12H2,(H,36,37)/t17-,18-,21?. The normalized spacial score (nSPS) is 18.9. The number of nitriles is 1. The van der Waals surface area contributed by atoms with Gasteiger partial charge in [0.2, 0.25) is 11.5 Å². The number of rotatable bonds is 6. The average molecular weight is 534 g/mol. The Hall–Kier alpha value is -4.43. The first-order valence-corrected chi connectivity index (χ1v) is 12.4. The highest BCUT2D eigenvalue weighted by Gasteiger charge is 2.43. The maximum absolute atomic E-state index is 14.2. The van der Waals surface area contributed by atoms with E-state index in [-0.39, 0.29) is 23.1 Å². The molecule has 2 aromatic heterocycles. The molecule has 8 nitrogen and oxygen atoms in total. The predicted molar refractivity (Wildman–Crippen MR) is 131 cm³/mol. The van der Waals surface area contributed by atoms with Crippen molar-refractivity contribution in [1.29, 1.82) is 5.26 Å². The molecule has 0 bridgehead atoms. The molecule has 11 heteroatoms. The highest BCUT2D eigenvalue weighted by molar-refractivity contribution is 5.79. The topological polar surface area (TPSA) is 125 Å². The molecular weight excluding hydrogens is 513 g/mol. The molecule has 4 aromatic rings. The monoisotopic (exact) mass is 534 g/mol. The first-order chi connectivity index (χ1) is 18.7. The van der Waals surface area contributed by atoms with Gasteiger partial charge in [0.15, 0.2) is 0 Å². The van der Waals surface area contributed by atoms with Gasteiger partial charge in [-0.2, -0.15) is 18.4 Å². The molecule has 0 spiro atoms. The molecule has 2 aromatic carbocycles. The molecule has 0 aliphatic heterocycles. The van der Waals surface area contributed by atoms with Crippen molar-refractivity contribution >= 4 is 5.97 Å². The molecule has 2 heterocycles. The molecule has 1 fully saturated rings. The van der Waals surface area contributed by atoms with Crippen LogP contribution in [0.3, 0.4) is 0 Å². The Balaban J connectivity index is 1.31. The number of aryl methyl sites for hydroxylation is 1. The number of hydrogen-bond donors (Lipinski definition) is 2. The van der Waals surface area contributed by atoms with Gasteiger partial charge in [-0.15, -0.1) is 0 Å². The fourth-order valence-electron chi connectivity index (χ4n) is 5.32. The Morgan fingerprint density at radius 2 is 1.77 bits per heavy atom. The summed E-state index contributed by atoms with van der Waals surface area (Å²) in [6.45, 7) is 0. The summed E-state index contributed by atoms with van der Waals surface area (Å²) in [5, 5.41) is 29.9. The lowest BCUT2D eigenvalue weighted by molar-refractivity contribution is -0.145. The summed E-state index contributed by atoms with van der Waals surface area (Å²) in [5.74, 6) is -1.83. The first kappa shape index (κ1) is 24.9. The van der Waals surface area contributed by atoms with Gasteiger partial charge >= 0.3 is 12.1 Å². The zero-order valence-corrected chi connectivity index (χ0v) is 20.3. The second kappa shape index (κ2) is 9.39. The van der Waals surface area contributed by atoms with E-state index in [0.717, 1.165) is 11.1 Å². The van der Waals surface area contributed by atoms with E-state index in [4.69, 9.17) is 14.2 Å². The number of alkyl halides is 3. The second-order valence-electron chi connectivity index (χ2n) is 9.79. The van der Waals surface area contributed by atoms with Gasteiger partial charge in [0.25, 0.3) is 0 Å². The third-order valence-corrected chi connectivity index (χ3v) is 7.40. The number of benzene rings is 2. The molecule has 1 atom stereocenters. The van der Waals surface area contributed by atoms with Crippen molar-refractivity contribution in [2.75, 3.05) is 0 Å². The van der Waals surface area contributed by atoms with Crippen LogP contribution in [-0.2, 0) is 23.8 Å². The molecule has 39 heavy (non-hydrogen) atoms. The van der Waals surface area contributed by atoms with Gasteiger partial charge in [-0.3, -0.25) is 10.1 Å². The number of fused-ring (bicyclic) bond motifs is 3. The number of carbonyl (C=O) groups is 1. The van der Waals surface area contributed by atoms with Crippen molar-refractivity contribution in [2.45, 2.75) is 43.9 Å². The summed E-state index contributed by atoms with van der Waals surface area (Å²) < 4.78 is 53.3. The van der Waals surface area contributed by atoms with Crippen LogP contribution in [0.5, 0.6) is 0 Å². The molecule has 1 saturated carbocycles. The van der Waals surface area contributed by atoms with Crippen LogP contribution in [0.1, 0.15) is 41.1 Å². The number of hydrogen-bond acceptors (Lipinski definition) is 7. The minimum absolute atomic E-state index is 0.0537. The third-order valence-electron chi connectivity index (χ3n) is 7.40. The molecule has 198 valence electrons. The summed E-state index contributed by atoms with van der Waals surface area (Å²) >= 11 is 0. The zero-order valence-electron chi connectivity index (χ0n) is 20.3. The van der Waals surface area contributed by atoms with E-state index >= 15 is 0 Å². The number of carboxylic acids is 1. The largest absolute Gasteiger partial charge is 0.481 e. The van der Waals surface area contributed by atoms with Gasteiger partial charge in [-0.1, -0.05) is 58.8 Å². The fraction of sp³-hybridized carbons (Fsp3) is 0.286. The highest BCUT2D eigenvalue weighted by atomic mass is 19.4. The third kappa shape index (κ3) is 4.36. The molecule has 0 radical (unpaired) electrons. The van der Waals surface area contributed by atoms with Crippen LogP contribution >= 0.6 is 0 Å². The Morgan fingerprint density at radius 3 is 2.46 bits per heavy atom. The Labute approximate surface area is 220 Å². The lowest BCUT2D eigenvalue weighted by Crippen LogP contribution is -2.45. The number of aliphatic carboxylic acids is 1. The number of carboxylic acid groups (broad SMARTS) is 1. The van der Waals surface area contributed by atoms with Crippen molar-refractivity contribution in [2.24, 2.45) is 5.92 Å². The van der Waals surface area contributed by atoms with Gasteiger partial charge in [0.1, 0.15) is 23.0 Å². The van der Waals surface area contributed by atoms with Gasteiger partial charge < -0.3 is 14.2 Å². The molecule has 6 rings (SSSR count). The van der Waals surface area contributed by atoms with Crippen LogP contribution in [0.15, 0.2) is 57.6 Å². The van der Waals surface area contributed by atoms with Crippen LogP contribution in [0.4, 0.5) is 13.2 Å². The van der Waals surface area contributed by atoms with E-state index in [1.165, 1.54) is 12.1 Å². The lowest BCUT2D eigenvalue weighted by atomic mass is 9.79. The van der Waals surface area contributed by atoms with E-state index in [0.29, 0.717) is 42.5 Å². The van der Waals surface area contributed by atoms with E-state index in [1.54, 1.807) is 30.3 Å². The number of halogens is 3. The van der Waals surface area contributed by atoms with Crippen LogP contribution in [0.2, 0.25) is 0 Å². The van der Waals surface area contributed by atoms with Crippen molar-refractivity contribution in [3.63, 3.8) is 0 Å². The van der Waals surface area contributed by atoms with E-state index in [9.17, 15) is 23.2 Å². The summed E-state index contributed by atoms with van der Waals surface area (Å²) in [4.78, 5) is 11.1. The maximum atomic E-state index is 14.2. The van der Waals surface area contributed by atoms with E-state index in [2.05, 4.69) is 21.7 Å². The number of nitrogens with zero attached hydrogens (tertiary/aromatic N) is 3. The minimum atomic E-state index is -4.74. The van der Waals surface area contributed by atoms with Crippen LogP contribution in [0.25, 0.3) is 34.0 Å². The van der Waals surface area contributed by atoms with Crippen LogP contribution < -0.4 is 5.32 Å². The summed E-state index contributed by atoms with van der Waals surface area (Å²) in [5.41, 5.74) is 2.18. The minimum Gasteiger partial charge on any atom is -0.481 e. The van der Waals surface area contributed by atoms with Crippen LogP contribution in [0, 0.1) is 17.2 Å².